The molecule has 1 aromatic heterocycles. The lowest BCUT2D eigenvalue weighted by Gasteiger charge is -2.10. The Morgan fingerprint density at radius 1 is 1.62 bits per heavy atom. The quantitative estimate of drug-likeness (QED) is 0.811. The van der Waals surface area contributed by atoms with Crippen molar-refractivity contribution >= 4 is 30.8 Å². The van der Waals surface area contributed by atoms with Crippen molar-refractivity contribution in [1.82, 2.24) is 9.78 Å². The number of aromatic nitrogens is 2. The molecule has 0 aliphatic carbocycles. The highest BCUT2D eigenvalue weighted by Gasteiger charge is 2.18. The molecule has 1 rings (SSSR count). The minimum absolute atomic E-state index is 0. The number of ether oxygens (including phenoxy) is 1. The zero-order valence-electron chi connectivity index (χ0n) is 9.25. The Labute approximate surface area is 107 Å². The van der Waals surface area contributed by atoms with Gasteiger partial charge >= 0.3 is 5.97 Å². The predicted molar refractivity (Wildman–Crippen MR) is 66.0 cm³/mol. The van der Waals surface area contributed by atoms with Crippen LogP contribution in [0, 0.1) is 5.92 Å². The Morgan fingerprint density at radius 3 is 2.62 bits per heavy atom. The predicted octanol–water partition coefficient (Wildman–Crippen LogP) is 0.554. The lowest BCUT2D eigenvalue weighted by molar-refractivity contribution is -0.145. The molecular formula is C9H17Cl2N3O2. The van der Waals surface area contributed by atoms with Crippen molar-refractivity contribution in [3.8, 4) is 0 Å². The molecule has 0 spiro atoms. The number of nitrogens with zero attached hydrogens (tertiary/aromatic N) is 2. The summed E-state index contributed by atoms with van der Waals surface area (Å²) in [6, 6.07) is 0. The first kappa shape index (κ1) is 17.6. The third kappa shape index (κ3) is 4.83. The van der Waals surface area contributed by atoms with Crippen LogP contribution >= 0.6 is 24.8 Å². The maximum atomic E-state index is 11.2. The number of hydrogen-bond acceptors (Lipinski definition) is 4. The first-order valence-corrected chi connectivity index (χ1v) is 4.42. The van der Waals surface area contributed by atoms with Crippen molar-refractivity contribution < 1.29 is 9.53 Å². The van der Waals surface area contributed by atoms with E-state index in [1.807, 2.05) is 13.2 Å². The van der Waals surface area contributed by atoms with E-state index in [4.69, 9.17) is 5.73 Å². The molecule has 0 bridgehead atoms. The van der Waals surface area contributed by atoms with E-state index >= 15 is 0 Å². The summed E-state index contributed by atoms with van der Waals surface area (Å²) in [5.74, 6) is -0.541. The highest BCUT2D eigenvalue weighted by Crippen LogP contribution is 2.08. The van der Waals surface area contributed by atoms with Crippen LogP contribution in [0.4, 0.5) is 0 Å². The smallest absolute Gasteiger partial charge is 0.310 e. The van der Waals surface area contributed by atoms with Crippen LogP contribution in [0.3, 0.4) is 0 Å². The van der Waals surface area contributed by atoms with E-state index in [1.54, 1.807) is 10.9 Å². The molecule has 0 fully saturated rings. The molecule has 5 nitrogen and oxygen atoms in total. The van der Waals surface area contributed by atoms with Crippen molar-refractivity contribution in [1.29, 1.82) is 0 Å². The summed E-state index contributed by atoms with van der Waals surface area (Å²) in [5.41, 5.74) is 6.47. The number of halogens is 2. The molecule has 0 aliphatic heterocycles. The number of nitrogens with two attached hydrogens (primary N) is 1. The molecule has 0 saturated heterocycles. The van der Waals surface area contributed by atoms with E-state index in [9.17, 15) is 4.79 Å². The van der Waals surface area contributed by atoms with Crippen LogP contribution < -0.4 is 5.73 Å². The Kier molecular flexibility index (Phi) is 9.22. The van der Waals surface area contributed by atoms with Crippen LogP contribution in [0.15, 0.2) is 12.4 Å². The van der Waals surface area contributed by atoms with Gasteiger partial charge in [-0.05, 0) is 12.0 Å². The van der Waals surface area contributed by atoms with Crippen molar-refractivity contribution in [2.45, 2.75) is 6.42 Å². The minimum atomic E-state index is -0.274. The minimum Gasteiger partial charge on any atom is -0.469 e. The molecule has 16 heavy (non-hydrogen) atoms. The largest absolute Gasteiger partial charge is 0.469 e. The summed E-state index contributed by atoms with van der Waals surface area (Å²) in [4.78, 5) is 11.2. The van der Waals surface area contributed by atoms with Gasteiger partial charge in [-0.15, -0.1) is 24.8 Å². The summed E-state index contributed by atoms with van der Waals surface area (Å²) in [6.45, 7) is 0.293. The summed E-state index contributed by atoms with van der Waals surface area (Å²) in [6.07, 6.45) is 4.17. The first-order chi connectivity index (χ1) is 6.67. The van der Waals surface area contributed by atoms with Crippen molar-refractivity contribution in [2.75, 3.05) is 13.7 Å². The van der Waals surface area contributed by atoms with E-state index in [2.05, 4.69) is 9.84 Å². The molecule has 94 valence electrons. The van der Waals surface area contributed by atoms with Crippen LogP contribution in [-0.4, -0.2) is 29.4 Å². The van der Waals surface area contributed by atoms with Gasteiger partial charge in [0, 0.05) is 19.8 Å². The van der Waals surface area contributed by atoms with E-state index in [0.717, 1.165) is 5.56 Å². The standard InChI is InChI=1S/C9H15N3O2.2ClH/c1-12-6-7(5-11-12)3-8(4-10)9(13)14-2;;/h5-6,8H,3-4,10H2,1-2H3;2*1H. The second kappa shape index (κ2) is 8.38. The average Bonchev–Trinajstić information content (AvgIpc) is 2.59. The molecule has 1 heterocycles. The van der Waals surface area contributed by atoms with Crippen LogP contribution in [0.2, 0.25) is 0 Å². The molecule has 7 heteroatoms. The fourth-order valence-corrected chi connectivity index (χ4v) is 1.29. The Balaban J connectivity index is 0. The van der Waals surface area contributed by atoms with Crippen LogP contribution in [-0.2, 0) is 23.0 Å². The highest BCUT2D eigenvalue weighted by molar-refractivity contribution is 5.85. The van der Waals surface area contributed by atoms with Crippen molar-refractivity contribution in [2.24, 2.45) is 18.7 Å². The fourth-order valence-electron chi connectivity index (χ4n) is 1.29. The number of carbonyl (C=O) groups excluding carboxylic acids is 1. The van der Waals surface area contributed by atoms with Crippen LogP contribution in [0.1, 0.15) is 5.56 Å². The topological polar surface area (TPSA) is 70.1 Å². The van der Waals surface area contributed by atoms with Crippen LogP contribution in [0.5, 0.6) is 0 Å². The molecule has 1 aromatic rings. The maximum absolute atomic E-state index is 11.2. The number of esters is 1. The first-order valence-electron chi connectivity index (χ1n) is 4.42. The Morgan fingerprint density at radius 2 is 2.25 bits per heavy atom. The third-order valence-corrected chi connectivity index (χ3v) is 2.06. The third-order valence-electron chi connectivity index (χ3n) is 2.06. The molecule has 1 unspecified atom stereocenters. The number of aryl methyl sites for hydroxylation is 1. The Hall–Kier alpha value is -0.780. The van der Waals surface area contributed by atoms with Gasteiger partial charge in [-0.1, -0.05) is 0 Å². The number of carbonyl (C=O) groups is 1. The fraction of sp³-hybridized carbons (Fsp3) is 0.556. The molecule has 0 aliphatic rings. The lowest BCUT2D eigenvalue weighted by atomic mass is 10.0. The summed E-state index contributed by atoms with van der Waals surface area (Å²) >= 11 is 0. The highest BCUT2D eigenvalue weighted by atomic mass is 35.5. The monoisotopic (exact) mass is 269 g/mol. The normalized spacial score (nSPS) is 10.9. The summed E-state index contributed by atoms with van der Waals surface area (Å²) in [7, 11) is 3.20. The van der Waals surface area contributed by atoms with Gasteiger partial charge in [-0.3, -0.25) is 9.48 Å². The van der Waals surface area contributed by atoms with E-state index in [1.165, 1.54) is 7.11 Å². The molecule has 0 saturated carbocycles. The van der Waals surface area contributed by atoms with Gasteiger partial charge in [0.15, 0.2) is 0 Å². The van der Waals surface area contributed by atoms with Gasteiger partial charge in [0.25, 0.3) is 0 Å². The maximum Gasteiger partial charge on any atom is 0.310 e. The molecule has 0 aromatic carbocycles. The number of hydrogen-bond donors (Lipinski definition) is 1. The van der Waals surface area contributed by atoms with Crippen molar-refractivity contribution in [3.05, 3.63) is 18.0 Å². The Bertz CT molecular complexity index is 317. The second-order valence-corrected chi connectivity index (χ2v) is 3.18. The average molecular weight is 270 g/mol. The van der Waals surface area contributed by atoms with Gasteiger partial charge < -0.3 is 10.5 Å². The van der Waals surface area contributed by atoms with Gasteiger partial charge in [0.05, 0.1) is 19.2 Å². The van der Waals surface area contributed by atoms with Gasteiger partial charge in [0.1, 0.15) is 0 Å². The molecular weight excluding hydrogens is 253 g/mol. The summed E-state index contributed by atoms with van der Waals surface area (Å²) in [5, 5.41) is 4.01. The SMILES string of the molecule is COC(=O)C(CN)Cc1cnn(C)c1.Cl.Cl. The molecule has 0 amide bonds. The molecule has 1 atom stereocenters. The van der Waals surface area contributed by atoms with Gasteiger partial charge in [-0.2, -0.15) is 5.10 Å². The molecule has 0 radical (unpaired) electrons. The zero-order valence-corrected chi connectivity index (χ0v) is 10.9. The second-order valence-electron chi connectivity index (χ2n) is 3.18. The molecule has 2 N–H and O–H groups in total. The van der Waals surface area contributed by atoms with E-state index in [0.29, 0.717) is 13.0 Å². The number of methoxy groups -OCH3 is 1. The summed E-state index contributed by atoms with van der Waals surface area (Å²) < 4.78 is 6.33. The van der Waals surface area contributed by atoms with E-state index < -0.39 is 0 Å². The lowest BCUT2D eigenvalue weighted by Crippen LogP contribution is -2.26. The van der Waals surface area contributed by atoms with Gasteiger partial charge in [-0.25, -0.2) is 0 Å². The van der Waals surface area contributed by atoms with Gasteiger partial charge in [0.2, 0.25) is 0 Å². The number of rotatable bonds is 4. The van der Waals surface area contributed by atoms with Crippen LogP contribution in [0.25, 0.3) is 0 Å². The van der Waals surface area contributed by atoms with Crippen molar-refractivity contribution in [3.63, 3.8) is 0 Å². The zero-order chi connectivity index (χ0) is 10.6. The van der Waals surface area contributed by atoms with E-state index in [-0.39, 0.29) is 36.7 Å².